The smallest absolute Gasteiger partial charge is 0.258 e. The molecule has 0 aliphatic rings. The van der Waals surface area contributed by atoms with E-state index in [0.717, 1.165) is 5.56 Å². The number of nitrogens with one attached hydrogen (secondary N) is 1. The number of amides is 1. The lowest BCUT2D eigenvalue weighted by Crippen LogP contribution is -2.11. The number of hydrogen-bond acceptors (Lipinski definition) is 4. The predicted molar refractivity (Wildman–Crippen MR) is 87.6 cm³/mol. The Bertz CT molecular complexity index is 822. The fourth-order valence-corrected chi connectivity index (χ4v) is 2.14. The van der Waals surface area contributed by atoms with Crippen molar-refractivity contribution >= 4 is 11.8 Å². The number of ether oxygens (including phenoxy) is 1. The van der Waals surface area contributed by atoms with Crippen molar-refractivity contribution in [3.8, 4) is 17.0 Å². The van der Waals surface area contributed by atoms with E-state index >= 15 is 0 Å². The van der Waals surface area contributed by atoms with E-state index in [1.807, 2.05) is 31.2 Å². The summed E-state index contributed by atoms with van der Waals surface area (Å²) >= 11 is 0. The van der Waals surface area contributed by atoms with Crippen LogP contribution in [0.5, 0.6) is 5.75 Å². The van der Waals surface area contributed by atoms with Crippen LogP contribution in [0.15, 0.2) is 59.1 Å². The predicted octanol–water partition coefficient (Wildman–Crippen LogP) is 3.91. The highest BCUT2D eigenvalue weighted by atomic mass is 16.5. The first-order chi connectivity index (χ1) is 11.2. The molecule has 2 aromatic carbocycles. The molecule has 1 amide bonds. The molecule has 1 aromatic heterocycles. The van der Waals surface area contributed by atoms with Gasteiger partial charge in [0.2, 0.25) is 5.88 Å². The first-order valence-electron chi connectivity index (χ1n) is 7.15. The molecule has 3 aromatic rings. The highest BCUT2D eigenvalue weighted by Gasteiger charge is 2.12. The van der Waals surface area contributed by atoms with E-state index in [9.17, 15) is 4.79 Å². The fourth-order valence-electron chi connectivity index (χ4n) is 2.14. The topological polar surface area (TPSA) is 64.4 Å². The number of methoxy groups -OCH3 is 1. The van der Waals surface area contributed by atoms with E-state index in [4.69, 9.17) is 9.26 Å². The third-order valence-electron chi connectivity index (χ3n) is 3.43. The number of aryl methyl sites for hydroxylation is 1. The molecular weight excluding hydrogens is 292 g/mol. The van der Waals surface area contributed by atoms with Crippen LogP contribution in [0.25, 0.3) is 11.3 Å². The van der Waals surface area contributed by atoms with Crippen LogP contribution in [-0.4, -0.2) is 18.2 Å². The van der Waals surface area contributed by atoms with Crippen molar-refractivity contribution in [2.45, 2.75) is 6.92 Å². The molecule has 116 valence electrons. The largest absolute Gasteiger partial charge is 0.497 e. The molecule has 0 saturated carbocycles. The zero-order valence-electron chi connectivity index (χ0n) is 12.9. The standard InChI is InChI=1S/C18H16N2O3/c1-12-6-8-13(9-7-12)16-11-17(23-20-16)19-18(21)14-4-3-5-15(10-14)22-2/h3-11H,1-2H3,(H,19,21). The van der Waals surface area contributed by atoms with E-state index in [-0.39, 0.29) is 5.91 Å². The summed E-state index contributed by atoms with van der Waals surface area (Å²) in [5.74, 6) is 0.638. The van der Waals surface area contributed by atoms with Crippen molar-refractivity contribution in [3.63, 3.8) is 0 Å². The van der Waals surface area contributed by atoms with E-state index in [2.05, 4.69) is 10.5 Å². The molecule has 0 aliphatic heterocycles. The van der Waals surface area contributed by atoms with Gasteiger partial charge in [-0.05, 0) is 25.1 Å². The maximum absolute atomic E-state index is 12.2. The van der Waals surface area contributed by atoms with Crippen LogP contribution < -0.4 is 10.1 Å². The molecule has 5 nitrogen and oxygen atoms in total. The average molecular weight is 308 g/mol. The van der Waals surface area contributed by atoms with Crippen molar-refractivity contribution in [1.82, 2.24) is 5.16 Å². The monoisotopic (exact) mass is 308 g/mol. The molecule has 0 spiro atoms. The highest BCUT2D eigenvalue weighted by molar-refractivity contribution is 6.03. The molecule has 5 heteroatoms. The maximum Gasteiger partial charge on any atom is 0.258 e. The molecule has 3 rings (SSSR count). The number of hydrogen-bond donors (Lipinski definition) is 1. The number of benzene rings is 2. The van der Waals surface area contributed by atoms with Gasteiger partial charge < -0.3 is 9.26 Å². The van der Waals surface area contributed by atoms with Gasteiger partial charge in [-0.3, -0.25) is 10.1 Å². The summed E-state index contributed by atoms with van der Waals surface area (Å²) in [6.07, 6.45) is 0. The summed E-state index contributed by atoms with van der Waals surface area (Å²) in [5, 5.41) is 6.67. The SMILES string of the molecule is COc1cccc(C(=O)Nc2cc(-c3ccc(C)cc3)no2)c1. The Morgan fingerprint density at radius 3 is 2.65 bits per heavy atom. The van der Waals surface area contributed by atoms with Crippen LogP contribution in [0.3, 0.4) is 0 Å². The van der Waals surface area contributed by atoms with Gasteiger partial charge in [-0.15, -0.1) is 0 Å². The minimum absolute atomic E-state index is 0.282. The van der Waals surface area contributed by atoms with Gasteiger partial charge in [0.1, 0.15) is 11.4 Å². The lowest BCUT2D eigenvalue weighted by atomic mass is 10.1. The molecule has 1 heterocycles. The number of carbonyl (C=O) groups excluding carboxylic acids is 1. The number of carbonyl (C=O) groups is 1. The van der Waals surface area contributed by atoms with Crippen molar-refractivity contribution in [2.75, 3.05) is 12.4 Å². The molecule has 0 aliphatic carbocycles. The van der Waals surface area contributed by atoms with Crippen LogP contribution in [0, 0.1) is 6.92 Å². The molecule has 0 unspecified atom stereocenters. The molecule has 0 radical (unpaired) electrons. The summed E-state index contributed by atoms with van der Waals surface area (Å²) in [5.41, 5.74) is 3.26. The Kier molecular flexibility index (Phi) is 4.10. The van der Waals surface area contributed by atoms with Crippen LogP contribution in [0.2, 0.25) is 0 Å². The van der Waals surface area contributed by atoms with Gasteiger partial charge in [-0.25, -0.2) is 0 Å². The Hall–Kier alpha value is -3.08. The van der Waals surface area contributed by atoms with Crippen LogP contribution in [-0.2, 0) is 0 Å². The van der Waals surface area contributed by atoms with Crippen molar-refractivity contribution in [1.29, 1.82) is 0 Å². The second kappa shape index (κ2) is 6.36. The van der Waals surface area contributed by atoms with Crippen molar-refractivity contribution < 1.29 is 14.1 Å². The lowest BCUT2D eigenvalue weighted by Gasteiger charge is -2.03. The van der Waals surface area contributed by atoms with Crippen molar-refractivity contribution in [3.05, 3.63) is 65.7 Å². The molecule has 0 atom stereocenters. The number of aromatic nitrogens is 1. The van der Waals surface area contributed by atoms with Crippen LogP contribution in [0.1, 0.15) is 15.9 Å². The quantitative estimate of drug-likeness (QED) is 0.793. The number of anilines is 1. The molecule has 0 saturated heterocycles. The second-order valence-corrected chi connectivity index (χ2v) is 5.13. The number of rotatable bonds is 4. The first-order valence-corrected chi connectivity index (χ1v) is 7.15. The van der Waals surface area contributed by atoms with Gasteiger partial charge >= 0.3 is 0 Å². The van der Waals surface area contributed by atoms with Crippen LogP contribution >= 0.6 is 0 Å². The third kappa shape index (κ3) is 3.40. The van der Waals surface area contributed by atoms with Gasteiger partial charge in [0.05, 0.1) is 7.11 Å². The second-order valence-electron chi connectivity index (χ2n) is 5.13. The molecular formula is C18H16N2O3. The summed E-state index contributed by atoms with van der Waals surface area (Å²) in [6, 6.07) is 16.5. The van der Waals surface area contributed by atoms with E-state index in [0.29, 0.717) is 22.9 Å². The Labute approximate surface area is 133 Å². The molecule has 1 N–H and O–H groups in total. The normalized spacial score (nSPS) is 10.3. The fraction of sp³-hybridized carbons (Fsp3) is 0.111. The van der Waals surface area contributed by atoms with Crippen molar-refractivity contribution in [2.24, 2.45) is 0 Å². The van der Waals surface area contributed by atoms with Crippen LogP contribution in [0.4, 0.5) is 5.88 Å². The minimum Gasteiger partial charge on any atom is -0.497 e. The maximum atomic E-state index is 12.2. The Morgan fingerprint density at radius 1 is 1.13 bits per heavy atom. The van der Waals surface area contributed by atoms with Gasteiger partial charge in [0.15, 0.2) is 0 Å². The zero-order valence-corrected chi connectivity index (χ0v) is 12.9. The van der Waals surface area contributed by atoms with Gasteiger partial charge in [0, 0.05) is 17.2 Å². The molecule has 23 heavy (non-hydrogen) atoms. The van der Waals surface area contributed by atoms with Gasteiger partial charge in [-0.1, -0.05) is 41.1 Å². The van der Waals surface area contributed by atoms with Gasteiger partial charge in [0.25, 0.3) is 5.91 Å². The Balaban J connectivity index is 1.75. The lowest BCUT2D eigenvalue weighted by molar-refractivity contribution is 0.102. The summed E-state index contributed by atoms with van der Waals surface area (Å²) < 4.78 is 10.3. The first kappa shape index (κ1) is 14.8. The average Bonchev–Trinajstić information content (AvgIpc) is 3.04. The number of nitrogens with zero attached hydrogens (tertiary/aromatic N) is 1. The van der Waals surface area contributed by atoms with E-state index < -0.39 is 0 Å². The summed E-state index contributed by atoms with van der Waals surface area (Å²) in [4.78, 5) is 12.2. The third-order valence-corrected chi connectivity index (χ3v) is 3.43. The Morgan fingerprint density at radius 2 is 1.91 bits per heavy atom. The van der Waals surface area contributed by atoms with E-state index in [1.54, 1.807) is 37.4 Å². The highest BCUT2D eigenvalue weighted by Crippen LogP contribution is 2.22. The zero-order chi connectivity index (χ0) is 16.2. The van der Waals surface area contributed by atoms with E-state index in [1.165, 1.54) is 5.56 Å². The summed E-state index contributed by atoms with van der Waals surface area (Å²) in [6.45, 7) is 2.02. The summed E-state index contributed by atoms with van der Waals surface area (Å²) in [7, 11) is 1.56. The molecule has 0 bridgehead atoms. The minimum atomic E-state index is -0.282. The molecule has 0 fully saturated rings. The van der Waals surface area contributed by atoms with Gasteiger partial charge in [-0.2, -0.15) is 0 Å².